The average molecular weight is 267 g/mol. The summed E-state index contributed by atoms with van der Waals surface area (Å²) in [6.07, 6.45) is 0. The SMILES string of the molecule is COc1cc(C(CO)NC(C)=O)c(OC)c(C)c1C. The Morgan fingerprint density at radius 1 is 1.32 bits per heavy atom. The lowest BCUT2D eigenvalue weighted by molar-refractivity contribution is -0.120. The number of ether oxygens (including phenoxy) is 2. The standard InChI is InChI=1S/C14H21NO4/c1-8-9(2)14(19-5)11(6-13(8)18-4)12(7-16)15-10(3)17/h6,12,16H,7H2,1-5H3,(H,15,17). The third-order valence-corrected chi connectivity index (χ3v) is 3.18. The number of carbonyl (C=O) groups is 1. The van der Waals surface area contributed by atoms with Gasteiger partial charge in [0.1, 0.15) is 11.5 Å². The van der Waals surface area contributed by atoms with Crippen LogP contribution in [0.4, 0.5) is 0 Å². The van der Waals surface area contributed by atoms with Crippen molar-refractivity contribution in [2.75, 3.05) is 20.8 Å². The van der Waals surface area contributed by atoms with Gasteiger partial charge in [0.2, 0.25) is 5.91 Å². The number of aliphatic hydroxyl groups excluding tert-OH is 1. The Kier molecular flexibility index (Phi) is 5.18. The van der Waals surface area contributed by atoms with Crippen LogP contribution >= 0.6 is 0 Å². The first-order valence-electron chi connectivity index (χ1n) is 6.06. The van der Waals surface area contributed by atoms with Gasteiger partial charge >= 0.3 is 0 Å². The number of amides is 1. The predicted molar refractivity (Wildman–Crippen MR) is 72.7 cm³/mol. The van der Waals surface area contributed by atoms with Crippen LogP contribution in [0.5, 0.6) is 11.5 Å². The summed E-state index contributed by atoms with van der Waals surface area (Å²) in [6.45, 7) is 5.06. The molecule has 5 nitrogen and oxygen atoms in total. The highest BCUT2D eigenvalue weighted by atomic mass is 16.5. The first-order chi connectivity index (χ1) is 8.96. The molecule has 1 unspecified atom stereocenters. The normalized spacial score (nSPS) is 11.9. The predicted octanol–water partition coefficient (Wildman–Crippen LogP) is 1.49. The van der Waals surface area contributed by atoms with Crippen molar-refractivity contribution in [3.05, 3.63) is 22.8 Å². The Hall–Kier alpha value is -1.75. The molecule has 19 heavy (non-hydrogen) atoms. The van der Waals surface area contributed by atoms with Crippen LogP contribution in [0.15, 0.2) is 6.07 Å². The largest absolute Gasteiger partial charge is 0.496 e. The monoisotopic (exact) mass is 267 g/mol. The van der Waals surface area contributed by atoms with Gasteiger partial charge in [0.05, 0.1) is 26.9 Å². The van der Waals surface area contributed by atoms with Crippen molar-refractivity contribution in [3.63, 3.8) is 0 Å². The maximum Gasteiger partial charge on any atom is 0.217 e. The lowest BCUT2D eigenvalue weighted by Gasteiger charge is -2.22. The van der Waals surface area contributed by atoms with Crippen LogP contribution in [0.25, 0.3) is 0 Å². The maximum atomic E-state index is 11.2. The molecule has 0 aliphatic rings. The van der Waals surface area contributed by atoms with Gasteiger partial charge in [-0.05, 0) is 31.0 Å². The Bertz CT molecular complexity index is 471. The van der Waals surface area contributed by atoms with E-state index in [1.165, 1.54) is 6.92 Å². The van der Waals surface area contributed by atoms with Crippen molar-refractivity contribution in [2.45, 2.75) is 26.8 Å². The molecule has 1 aromatic rings. The van der Waals surface area contributed by atoms with Crippen LogP contribution in [0, 0.1) is 13.8 Å². The molecule has 0 heterocycles. The van der Waals surface area contributed by atoms with Crippen molar-refractivity contribution >= 4 is 5.91 Å². The molecule has 0 saturated carbocycles. The minimum atomic E-state index is -0.513. The maximum absolute atomic E-state index is 11.2. The Balaban J connectivity index is 3.38. The highest BCUT2D eigenvalue weighted by Gasteiger charge is 2.21. The van der Waals surface area contributed by atoms with E-state index in [0.29, 0.717) is 17.1 Å². The van der Waals surface area contributed by atoms with Gasteiger partial charge in [-0.25, -0.2) is 0 Å². The summed E-state index contributed by atoms with van der Waals surface area (Å²) >= 11 is 0. The van der Waals surface area contributed by atoms with Crippen molar-refractivity contribution < 1.29 is 19.4 Å². The molecule has 0 spiro atoms. The summed E-state index contributed by atoms with van der Waals surface area (Å²) in [4.78, 5) is 11.2. The minimum Gasteiger partial charge on any atom is -0.496 e. The number of aliphatic hydroxyl groups is 1. The molecule has 1 atom stereocenters. The smallest absolute Gasteiger partial charge is 0.217 e. The highest BCUT2D eigenvalue weighted by molar-refractivity contribution is 5.73. The average Bonchev–Trinajstić information content (AvgIpc) is 2.38. The first-order valence-corrected chi connectivity index (χ1v) is 6.06. The van der Waals surface area contributed by atoms with Crippen LogP contribution in [0.1, 0.15) is 29.7 Å². The summed E-state index contributed by atoms with van der Waals surface area (Å²) in [5, 5.41) is 12.2. The third-order valence-electron chi connectivity index (χ3n) is 3.18. The Labute approximate surface area is 113 Å². The fourth-order valence-electron chi connectivity index (χ4n) is 2.10. The zero-order chi connectivity index (χ0) is 14.6. The van der Waals surface area contributed by atoms with Crippen LogP contribution < -0.4 is 14.8 Å². The Morgan fingerprint density at radius 2 is 1.95 bits per heavy atom. The fourth-order valence-corrected chi connectivity index (χ4v) is 2.10. The van der Waals surface area contributed by atoms with Crippen molar-refractivity contribution in [3.8, 4) is 11.5 Å². The Morgan fingerprint density at radius 3 is 2.37 bits per heavy atom. The van der Waals surface area contributed by atoms with Crippen molar-refractivity contribution in [2.24, 2.45) is 0 Å². The number of hydrogen-bond donors (Lipinski definition) is 2. The summed E-state index contributed by atoms with van der Waals surface area (Å²) < 4.78 is 10.7. The van der Waals surface area contributed by atoms with E-state index in [1.807, 2.05) is 13.8 Å². The molecule has 0 saturated heterocycles. The fraction of sp³-hybridized carbons (Fsp3) is 0.500. The molecule has 1 amide bonds. The van der Waals surface area contributed by atoms with Gasteiger partial charge in [-0.1, -0.05) is 0 Å². The van der Waals surface area contributed by atoms with E-state index in [1.54, 1.807) is 20.3 Å². The van der Waals surface area contributed by atoms with Crippen LogP contribution in [0.2, 0.25) is 0 Å². The summed E-state index contributed by atoms with van der Waals surface area (Å²) in [6, 6.07) is 1.28. The van der Waals surface area contributed by atoms with Crippen molar-refractivity contribution in [1.82, 2.24) is 5.32 Å². The van der Waals surface area contributed by atoms with E-state index in [9.17, 15) is 9.90 Å². The molecular formula is C14H21NO4. The molecule has 0 fully saturated rings. The zero-order valence-corrected chi connectivity index (χ0v) is 12.0. The number of carbonyl (C=O) groups excluding carboxylic acids is 1. The second-order valence-electron chi connectivity index (χ2n) is 4.39. The first kappa shape index (κ1) is 15.3. The van der Waals surface area contributed by atoms with Gasteiger partial charge in [-0.15, -0.1) is 0 Å². The molecule has 106 valence electrons. The minimum absolute atomic E-state index is 0.207. The molecule has 0 bridgehead atoms. The van der Waals surface area contributed by atoms with Crippen molar-refractivity contribution in [1.29, 1.82) is 0 Å². The lowest BCUT2D eigenvalue weighted by atomic mass is 9.98. The third kappa shape index (κ3) is 3.17. The summed E-state index contributed by atoms with van der Waals surface area (Å²) in [7, 11) is 3.16. The molecule has 1 aromatic carbocycles. The van der Waals surface area contributed by atoms with E-state index in [4.69, 9.17) is 9.47 Å². The van der Waals surface area contributed by atoms with Gasteiger partial charge in [0.15, 0.2) is 0 Å². The van der Waals surface area contributed by atoms with Crippen LogP contribution in [-0.2, 0) is 4.79 Å². The number of nitrogens with one attached hydrogen (secondary N) is 1. The molecule has 1 rings (SSSR count). The van der Waals surface area contributed by atoms with E-state index in [0.717, 1.165) is 11.1 Å². The lowest BCUT2D eigenvalue weighted by Crippen LogP contribution is -2.29. The van der Waals surface area contributed by atoms with Crippen LogP contribution in [-0.4, -0.2) is 31.8 Å². The van der Waals surface area contributed by atoms with Gasteiger partial charge in [-0.3, -0.25) is 4.79 Å². The van der Waals surface area contributed by atoms with E-state index < -0.39 is 6.04 Å². The number of methoxy groups -OCH3 is 2. The van der Waals surface area contributed by atoms with Gasteiger partial charge < -0.3 is 19.9 Å². The van der Waals surface area contributed by atoms with E-state index >= 15 is 0 Å². The van der Waals surface area contributed by atoms with E-state index in [-0.39, 0.29) is 12.5 Å². The summed E-state index contributed by atoms with van der Waals surface area (Å²) in [5.74, 6) is 1.15. The molecule has 0 aliphatic heterocycles. The van der Waals surface area contributed by atoms with Gasteiger partial charge in [0, 0.05) is 12.5 Å². The van der Waals surface area contributed by atoms with Gasteiger partial charge in [0.25, 0.3) is 0 Å². The highest BCUT2D eigenvalue weighted by Crippen LogP contribution is 2.36. The van der Waals surface area contributed by atoms with Crippen LogP contribution in [0.3, 0.4) is 0 Å². The molecule has 5 heteroatoms. The zero-order valence-electron chi connectivity index (χ0n) is 12.0. The molecular weight excluding hydrogens is 246 g/mol. The molecule has 2 N–H and O–H groups in total. The second-order valence-corrected chi connectivity index (χ2v) is 4.39. The topological polar surface area (TPSA) is 67.8 Å². The quantitative estimate of drug-likeness (QED) is 0.848. The molecule has 0 aromatic heterocycles. The van der Waals surface area contributed by atoms with Gasteiger partial charge in [-0.2, -0.15) is 0 Å². The molecule has 0 radical (unpaired) electrons. The number of benzene rings is 1. The van der Waals surface area contributed by atoms with E-state index in [2.05, 4.69) is 5.32 Å². The number of hydrogen-bond acceptors (Lipinski definition) is 4. The summed E-state index contributed by atoms with van der Waals surface area (Å²) in [5.41, 5.74) is 2.61. The second kappa shape index (κ2) is 6.43. The molecule has 0 aliphatic carbocycles. The number of rotatable bonds is 5.